The minimum atomic E-state index is -0.281. The van der Waals surface area contributed by atoms with E-state index in [2.05, 4.69) is 55.8 Å². The molecule has 1 aromatic heterocycles. The van der Waals surface area contributed by atoms with Crippen LogP contribution < -0.4 is 10.6 Å². The number of carbonyl (C=O) groups excluding carboxylic acids is 1. The molecule has 2 N–H and O–H groups in total. The number of benzene rings is 4. The van der Waals surface area contributed by atoms with Crippen molar-refractivity contribution in [3.63, 3.8) is 0 Å². The van der Waals surface area contributed by atoms with Crippen LogP contribution in [0.1, 0.15) is 10.4 Å². The predicted molar refractivity (Wildman–Crippen MR) is 135 cm³/mol. The fourth-order valence-electron chi connectivity index (χ4n) is 3.39. The Hall–Kier alpha value is -3.55. The van der Waals surface area contributed by atoms with Gasteiger partial charge in [-0.15, -0.1) is 0 Å². The van der Waals surface area contributed by atoms with E-state index in [0.717, 1.165) is 20.8 Å². The first-order valence-electron chi connectivity index (χ1n) is 9.83. The van der Waals surface area contributed by atoms with Gasteiger partial charge in [-0.2, -0.15) is 0 Å². The molecule has 0 unspecified atom stereocenters. The second-order valence-corrected chi connectivity index (χ2v) is 8.50. The number of carbonyl (C=O) groups is 1. The van der Waals surface area contributed by atoms with Gasteiger partial charge < -0.3 is 9.73 Å². The van der Waals surface area contributed by atoms with Crippen molar-refractivity contribution in [2.24, 2.45) is 0 Å². The van der Waals surface area contributed by atoms with Gasteiger partial charge in [0.1, 0.15) is 5.52 Å². The molecule has 0 aliphatic carbocycles. The van der Waals surface area contributed by atoms with E-state index in [9.17, 15) is 4.79 Å². The second-order valence-electron chi connectivity index (χ2n) is 7.18. The smallest absolute Gasteiger partial charge is 0.257 e. The molecule has 0 bridgehead atoms. The number of thiocarbonyl (C=S) groups is 1. The Kier molecular flexibility index (Phi) is 5.43. The lowest BCUT2D eigenvalue weighted by Gasteiger charge is -2.09. The first-order chi connectivity index (χ1) is 15.5. The highest BCUT2D eigenvalue weighted by Crippen LogP contribution is 2.28. The van der Waals surface area contributed by atoms with Crippen molar-refractivity contribution in [2.45, 2.75) is 0 Å². The van der Waals surface area contributed by atoms with Crippen molar-refractivity contribution in [1.82, 2.24) is 10.3 Å². The van der Waals surface area contributed by atoms with E-state index in [1.165, 1.54) is 0 Å². The molecular formula is C25H16BrN3O2S. The lowest BCUT2D eigenvalue weighted by Crippen LogP contribution is -2.34. The Morgan fingerprint density at radius 1 is 0.906 bits per heavy atom. The fraction of sp³-hybridized carbons (Fsp3) is 0. The lowest BCUT2D eigenvalue weighted by molar-refractivity contribution is 0.0977. The molecule has 5 rings (SSSR count). The zero-order valence-corrected chi connectivity index (χ0v) is 19.0. The molecular weight excluding hydrogens is 486 g/mol. The molecule has 5 aromatic rings. The molecule has 0 aliphatic rings. The zero-order valence-electron chi connectivity index (χ0n) is 16.6. The van der Waals surface area contributed by atoms with Gasteiger partial charge in [0.05, 0.1) is 0 Å². The van der Waals surface area contributed by atoms with Gasteiger partial charge in [0.25, 0.3) is 5.91 Å². The molecule has 7 heteroatoms. The molecule has 0 saturated carbocycles. The molecule has 4 aromatic carbocycles. The first kappa shape index (κ1) is 20.4. The number of oxazole rings is 1. The summed E-state index contributed by atoms with van der Waals surface area (Å²) in [6.07, 6.45) is 0. The summed E-state index contributed by atoms with van der Waals surface area (Å²) in [5, 5.41) is 8.21. The second kappa shape index (κ2) is 8.53. The third-order valence-corrected chi connectivity index (χ3v) is 5.71. The molecule has 5 nitrogen and oxygen atoms in total. The van der Waals surface area contributed by atoms with Crippen LogP contribution in [0.4, 0.5) is 5.69 Å². The van der Waals surface area contributed by atoms with E-state index in [1.54, 1.807) is 24.3 Å². The molecule has 0 radical (unpaired) electrons. The van der Waals surface area contributed by atoms with Gasteiger partial charge in [0.2, 0.25) is 5.89 Å². The molecule has 0 fully saturated rings. The Morgan fingerprint density at radius 2 is 1.69 bits per heavy atom. The summed E-state index contributed by atoms with van der Waals surface area (Å²) in [7, 11) is 0. The predicted octanol–water partition coefficient (Wildman–Crippen LogP) is 6.54. The van der Waals surface area contributed by atoms with Crippen molar-refractivity contribution >= 4 is 66.7 Å². The molecule has 1 amide bonds. The van der Waals surface area contributed by atoms with Gasteiger partial charge >= 0.3 is 0 Å². The van der Waals surface area contributed by atoms with Crippen LogP contribution >= 0.6 is 28.1 Å². The number of nitrogens with zero attached hydrogens (tertiary/aromatic N) is 1. The number of fused-ring (bicyclic) bond motifs is 2. The third kappa shape index (κ3) is 4.26. The van der Waals surface area contributed by atoms with E-state index < -0.39 is 0 Å². The summed E-state index contributed by atoms with van der Waals surface area (Å²) in [6, 6.07) is 26.8. The van der Waals surface area contributed by atoms with Gasteiger partial charge in [0.15, 0.2) is 10.7 Å². The maximum atomic E-state index is 12.3. The minimum Gasteiger partial charge on any atom is -0.436 e. The lowest BCUT2D eigenvalue weighted by atomic mass is 10.1. The van der Waals surface area contributed by atoms with Gasteiger partial charge in [-0.05, 0) is 77.6 Å². The number of hydrogen-bond donors (Lipinski definition) is 2. The van der Waals surface area contributed by atoms with Crippen molar-refractivity contribution in [3.8, 4) is 11.5 Å². The van der Waals surface area contributed by atoms with Crippen LogP contribution in [0.5, 0.6) is 0 Å². The quantitative estimate of drug-likeness (QED) is 0.275. The minimum absolute atomic E-state index is 0.204. The standard InChI is InChI=1S/C25H16BrN3O2S/c26-19-9-7-16(8-10-19)23(30)29-25(32)27-20-11-12-22-21(14-20)28-24(31-22)18-6-5-15-3-1-2-4-17(15)13-18/h1-14H,(H2,27,29,30,32). The Bertz CT molecular complexity index is 1480. The largest absolute Gasteiger partial charge is 0.436 e. The van der Waals surface area contributed by atoms with Gasteiger partial charge in [-0.25, -0.2) is 4.98 Å². The number of hydrogen-bond acceptors (Lipinski definition) is 4. The fourth-order valence-corrected chi connectivity index (χ4v) is 3.86. The first-order valence-corrected chi connectivity index (χ1v) is 11.0. The average Bonchev–Trinajstić information content (AvgIpc) is 3.22. The van der Waals surface area contributed by atoms with Crippen LogP contribution in [0.3, 0.4) is 0 Å². The van der Waals surface area contributed by atoms with Gasteiger partial charge in [0, 0.05) is 21.3 Å². The van der Waals surface area contributed by atoms with Crippen LogP contribution in [0.15, 0.2) is 93.8 Å². The highest BCUT2D eigenvalue weighted by molar-refractivity contribution is 9.10. The van der Waals surface area contributed by atoms with Crippen molar-refractivity contribution in [1.29, 1.82) is 0 Å². The number of amides is 1. The number of halogens is 1. The van der Waals surface area contributed by atoms with Gasteiger partial charge in [-0.1, -0.05) is 46.3 Å². The maximum Gasteiger partial charge on any atom is 0.257 e. The van der Waals surface area contributed by atoms with Crippen molar-refractivity contribution < 1.29 is 9.21 Å². The SMILES string of the molecule is O=C(NC(=S)Nc1ccc2oc(-c3ccc4ccccc4c3)nc2c1)c1ccc(Br)cc1. The van der Waals surface area contributed by atoms with E-state index >= 15 is 0 Å². The topological polar surface area (TPSA) is 67.2 Å². The maximum absolute atomic E-state index is 12.3. The number of rotatable bonds is 3. The van der Waals surface area contributed by atoms with E-state index in [4.69, 9.17) is 16.6 Å². The summed E-state index contributed by atoms with van der Waals surface area (Å²) in [5.41, 5.74) is 3.50. The van der Waals surface area contributed by atoms with Crippen molar-refractivity contribution in [2.75, 3.05) is 5.32 Å². The van der Waals surface area contributed by atoms with E-state index in [-0.39, 0.29) is 11.0 Å². The van der Waals surface area contributed by atoms with Crippen LogP contribution in [-0.4, -0.2) is 16.0 Å². The van der Waals surface area contributed by atoms with Crippen LogP contribution in [0, 0.1) is 0 Å². The highest BCUT2D eigenvalue weighted by Gasteiger charge is 2.11. The summed E-state index contributed by atoms with van der Waals surface area (Å²) in [5.74, 6) is 0.269. The molecule has 156 valence electrons. The Labute approximate surface area is 197 Å². The van der Waals surface area contributed by atoms with Crippen LogP contribution in [0.2, 0.25) is 0 Å². The normalized spacial score (nSPS) is 10.9. The van der Waals surface area contributed by atoms with E-state index in [1.807, 2.05) is 36.4 Å². The van der Waals surface area contributed by atoms with Crippen molar-refractivity contribution in [3.05, 3.63) is 95.0 Å². The number of aromatic nitrogens is 1. The van der Waals surface area contributed by atoms with Crippen LogP contribution in [0.25, 0.3) is 33.3 Å². The molecule has 0 atom stereocenters. The summed E-state index contributed by atoms with van der Waals surface area (Å²) >= 11 is 8.64. The number of anilines is 1. The highest BCUT2D eigenvalue weighted by atomic mass is 79.9. The number of nitrogens with one attached hydrogen (secondary N) is 2. The summed E-state index contributed by atoms with van der Waals surface area (Å²) < 4.78 is 6.85. The Balaban J connectivity index is 1.33. The zero-order chi connectivity index (χ0) is 22.1. The monoisotopic (exact) mass is 501 g/mol. The average molecular weight is 502 g/mol. The molecule has 0 saturated heterocycles. The summed E-state index contributed by atoms with van der Waals surface area (Å²) in [6.45, 7) is 0. The molecule has 32 heavy (non-hydrogen) atoms. The Morgan fingerprint density at radius 3 is 2.50 bits per heavy atom. The third-order valence-electron chi connectivity index (χ3n) is 4.98. The van der Waals surface area contributed by atoms with Crippen LogP contribution in [-0.2, 0) is 0 Å². The molecule has 1 heterocycles. The van der Waals surface area contributed by atoms with Gasteiger partial charge in [-0.3, -0.25) is 10.1 Å². The molecule has 0 aliphatic heterocycles. The molecule has 0 spiro atoms. The van der Waals surface area contributed by atoms with E-state index in [0.29, 0.717) is 28.2 Å². The summed E-state index contributed by atoms with van der Waals surface area (Å²) in [4.78, 5) is 17.0.